The molecule has 0 unspecified atom stereocenters. The lowest BCUT2D eigenvalue weighted by atomic mass is 10.2. The minimum atomic E-state index is -0.457. The van der Waals surface area contributed by atoms with Gasteiger partial charge in [0.25, 0.3) is 5.91 Å². The van der Waals surface area contributed by atoms with E-state index < -0.39 is 11.7 Å². The van der Waals surface area contributed by atoms with Crippen LogP contribution in [-0.4, -0.2) is 10.9 Å². The van der Waals surface area contributed by atoms with Crippen LogP contribution >= 0.6 is 38.6 Å². The molecule has 0 atom stereocenters. The molecule has 0 fully saturated rings. The molecule has 0 aliphatic heterocycles. The van der Waals surface area contributed by atoms with Gasteiger partial charge in [-0.1, -0.05) is 6.07 Å². The number of anilines is 1. The number of rotatable bonds is 3. The number of aromatic nitrogens is 1. The second-order valence-electron chi connectivity index (χ2n) is 4.09. The second kappa shape index (κ2) is 6.05. The highest BCUT2D eigenvalue weighted by atomic mass is 79.9. The Morgan fingerprint density at radius 2 is 2.14 bits per heavy atom. The van der Waals surface area contributed by atoms with E-state index in [1.807, 2.05) is 22.9 Å². The van der Waals surface area contributed by atoms with Crippen molar-refractivity contribution in [2.45, 2.75) is 0 Å². The molecule has 3 nitrogen and oxygen atoms in total. The van der Waals surface area contributed by atoms with E-state index in [9.17, 15) is 9.18 Å². The topological polar surface area (TPSA) is 42.0 Å². The van der Waals surface area contributed by atoms with Crippen molar-refractivity contribution >= 4 is 49.6 Å². The smallest absolute Gasteiger partial charge is 0.258 e. The van der Waals surface area contributed by atoms with Gasteiger partial charge in [0.2, 0.25) is 0 Å². The van der Waals surface area contributed by atoms with Crippen molar-refractivity contribution < 1.29 is 9.18 Å². The summed E-state index contributed by atoms with van der Waals surface area (Å²) >= 11 is 6.16. The van der Waals surface area contributed by atoms with Gasteiger partial charge in [-0.3, -0.25) is 10.1 Å². The van der Waals surface area contributed by atoms with E-state index in [2.05, 4.69) is 26.2 Å². The summed E-state index contributed by atoms with van der Waals surface area (Å²) in [4.78, 5) is 17.5. The maximum absolute atomic E-state index is 13.2. The van der Waals surface area contributed by atoms with Crippen molar-refractivity contribution in [3.8, 4) is 10.6 Å². The van der Waals surface area contributed by atoms with Crippen molar-refractivity contribution in [1.29, 1.82) is 0 Å². The largest absolute Gasteiger partial charge is 0.298 e. The Balaban J connectivity index is 1.80. The summed E-state index contributed by atoms with van der Waals surface area (Å²) in [5, 5.41) is 7.02. The van der Waals surface area contributed by atoms with Gasteiger partial charge in [0.05, 0.1) is 16.1 Å². The number of hydrogen-bond donors (Lipinski definition) is 1. The molecule has 3 aromatic rings. The first-order valence-corrected chi connectivity index (χ1v) is 8.44. The zero-order chi connectivity index (χ0) is 14.8. The maximum atomic E-state index is 13.2. The number of benzene rings is 1. The van der Waals surface area contributed by atoms with Gasteiger partial charge in [-0.2, -0.15) is 0 Å². The number of halogens is 2. The highest BCUT2D eigenvalue weighted by molar-refractivity contribution is 9.10. The van der Waals surface area contributed by atoms with Crippen LogP contribution in [0.1, 0.15) is 10.4 Å². The van der Waals surface area contributed by atoms with E-state index in [1.165, 1.54) is 29.5 Å². The van der Waals surface area contributed by atoms with Crippen molar-refractivity contribution in [1.82, 2.24) is 4.98 Å². The first kappa shape index (κ1) is 14.4. The van der Waals surface area contributed by atoms with Gasteiger partial charge in [0.1, 0.15) is 5.82 Å². The zero-order valence-electron chi connectivity index (χ0n) is 10.5. The highest BCUT2D eigenvalue weighted by Crippen LogP contribution is 2.29. The number of hydrogen-bond acceptors (Lipinski definition) is 4. The monoisotopic (exact) mass is 382 g/mol. The molecular weight excluding hydrogens is 375 g/mol. The summed E-state index contributed by atoms with van der Waals surface area (Å²) in [6, 6.07) is 7.89. The average Bonchev–Trinajstić information content (AvgIpc) is 3.11. The van der Waals surface area contributed by atoms with E-state index in [0.29, 0.717) is 9.60 Å². The fraction of sp³-hybridized carbons (Fsp3) is 0. The minimum absolute atomic E-state index is 0.239. The molecule has 0 bridgehead atoms. The molecule has 0 radical (unpaired) electrons. The predicted molar refractivity (Wildman–Crippen MR) is 87.5 cm³/mol. The summed E-state index contributed by atoms with van der Waals surface area (Å²) in [5.41, 5.74) is 1.06. The van der Waals surface area contributed by atoms with Gasteiger partial charge in [0, 0.05) is 9.85 Å². The van der Waals surface area contributed by atoms with Gasteiger partial charge in [-0.15, -0.1) is 22.7 Å². The first-order chi connectivity index (χ1) is 10.1. The third-order valence-electron chi connectivity index (χ3n) is 2.67. The molecular formula is C14H8BrFN2OS2. The molecule has 1 aromatic carbocycles. The van der Waals surface area contributed by atoms with Crippen molar-refractivity contribution in [3.63, 3.8) is 0 Å². The molecule has 1 amide bonds. The number of nitrogens with one attached hydrogen (secondary N) is 1. The van der Waals surface area contributed by atoms with E-state index in [-0.39, 0.29) is 5.56 Å². The normalized spacial score (nSPS) is 10.6. The van der Waals surface area contributed by atoms with Crippen LogP contribution in [0.25, 0.3) is 10.6 Å². The average molecular weight is 383 g/mol. The van der Waals surface area contributed by atoms with Gasteiger partial charge in [-0.05, 0) is 45.6 Å². The molecule has 106 valence electrons. The standard InChI is InChI=1S/C14H8BrFN2OS2/c15-10-4-3-8(16)6-9(10)13(19)18-14-17-11(7-21-14)12-2-1-5-20-12/h1-7H,(H,17,18,19). The second-order valence-corrected chi connectivity index (χ2v) is 6.75. The van der Waals surface area contributed by atoms with Crippen LogP contribution in [0, 0.1) is 5.82 Å². The molecule has 2 heterocycles. The Labute approximate surface area is 136 Å². The van der Waals surface area contributed by atoms with E-state index in [1.54, 1.807) is 11.3 Å². The van der Waals surface area contributed by atoms with Crippen molar-refractivity contribution in [3.05, 3.63) is 56.9 Å². The van der Waals surface area contributed by atoms with Crippen LogP contribution in [-0.2, 0) is 0 Å². The molecule has 21 heavy (non-hydrogen) atoms. The molecule has 0 aliphatic carbocycles. The first-order valence-electron chi connectivity index (χ1n) is 5.89. The quantitative estimate of drug-likeness (QED) is 0.690. The molecule has 3 rings (SSSR count). The minimum Gasteiger partial charge on any atom is -0.298 e. The number of thiazole rings is 1. The van der Waals surface area contributed by atoms with E-state index >= 15 is 0 Å². The summed E-state index contributed by atoms with van der Waals surface area (Å²) < 4.78 is 13.8. The summed E-state index contributed by atoms with van der Waals surface area (Å²) in [7, 11) is 0. The molecule has 1 N–H and O–H groups in total. The third kappa shape index (κ3) is 3.20. The third-order valence-corrected chi connectivity index (χ3v) is 5.01. The van der Waals surface area contributed by atoms with Crippen LogP contribution in [0.3, 0.4) is 0 Å². The van der Waals surface area contributed by atoms with E-state index in [0.717, 1.165) is 10.6 Å². The van der Waals surface area contributed by atoms with Crippen LogP contribution in [0.4, 0.5) is 9.52 Å². The highest BCUT2D eigenvalue weighted by Gasteiger charge is 2.14. The SMILES string of the molecule is O=C(Nc1nc(-c2cccs2)cs1)c1cc(F)ccc1Br. The fourth-order valence-electron chi connectivity index (χ4n) is 1.70. The predicted octanol–water partition coefficient (Wildman–Crippen LogP) is 5.03. The van der Waals surface area contributed by atoms with Crippen molar-refractivity contribution in [2.24, 2.45) is 0 Å². The summed E-state index contributed by atoms with van der Waals surface area (Å²) in [5.74, 6) is -0.852. The number of amides is 1. The molecule has 0 saturated carbocycles. The van der Waals surface area contributed by atoms with Crippen LogP contribution in [0.5, 0.6) is 0 Å². The molecule has 2 aromatic heterocycles. The fourth-order valence-corrected chi connectivity index (χ4v) is 3.60. The Morgan fingerprint density at radius 3 is 2.90 bits per heavy atom. The Kier molecular flexibility index (Phi) is 4.14. The molecule has 7 heteroatoms. The van der Waals surface area contributed by atoms with Crippen LogP contribution in [0.2, 0.25) is 0 Å². The number of nitrogens with zero attached hydrogens (tertiary/aromatic N) is 1. The number of carbonyl (C=O) groups excluding carboxylic acids is 1. The molecule has 0 saturated heterocycles. The lowest BCUT2D eigenvalue weighted by molar-refractivity contribution is 0.102. The lowest BCUT2D eigenvalue weighted by Crippen LogP contribution is -2.12. The van der Waals surface area contributed by atoms with Gasteiger partial charge in [-0.25, -0.2) is 9.37 Å². The van der Waals surface area contributed by atoms with Crippen molar-refractivity contribution in [2.75, 3.05) is 5.32 Å². The Bertz CT molecular complexity index is 786. The van der Waals surface area contributed by atoms with Crippen LogP contribution < -0.4 is 5.32 Å². The number of thiophene rings is 1. The Hall–Kier alpha value is -1.57. The molecule has 0 spiro atoms. The lowest BCUT2D eigenvalue weighted by Gasteiger charge is -2.04. The van der Waals surface area contributed by atoms with Gasteiger partial charge in [0.15, 0.2) is 5.13 Å². The summed E-state index contributed by atoms with van der Waals surface area (Å²) in [6.07, 6.45) is 0. The van der Waals surface area contributed by atoms with Gasteiger partial charge < -0.3 is 0 Å². The van der Waals surface area contributed by atoms with E-state index in [4.69, 9.17) is 0 Å². The zero-order valence-corrected chi connectivity index (χ0v) is 13.7. The summed E-state index contributed by atoms with van der Waals surface area (Å²) in [6.45, 7) is 0. The number of carbonyl (C=O) groups is 1. The van der Waals surface area contributed by atoms with Gasteiger partial charge >= 0.3 is 0 Å². The molecule has 0 aliphatic rings. The maximum Gasteiger partial charge on any atom is 0.258 e. The van der Waals surface area contributed by atoms with Crippen LogP contribution in [0.15, 0.2) is 45.6 Å². The Morgan fingerprint density at radius 1 is 1.29 bits per heavy atom.